The van der Waals surface area contributed by atoms with Crippen molar-refractivity contribution in [3.8, 4) is 11.4 Å². The van der Waals surface area contributed by atoms with E-state index in [0.29, 0.717) is 35.8 Å². The molecule has 0 radical (unpaired) electrons. The number of benzene rings is 1. The minimum atomic E-state index is -0.348. The highest BCUT2D eigenvalue weighted by Crippen LogP contribution is 2.31. The lowest BCUT2D eigenvalue weighted by Crippen LogP contribution is -2.37. The van der Waals surface area contributed by atoms with Crippen LogP contribution in [0.1, 0.15) is 33.4 Å². The largest absolute Gasteiger partial charge is 0.378 e. The van der Waals surface area contributed by atoms with Crippen molar-refractivity contribution in [2.45, 2.75) is 37.7 Å². The first-order valence-electron chi connectivity index (χ1n) is 11.8. The number of nitrogens with zero attached hydrogens (tertiary/aromatic N) is 4. The molecule has 1 aromatic carbocycles. The standard InChI is InChI=1S/C26H32N6O2S/c1-18(2)35-26(3,4)21-17-23(32-13-15-34-16-14-32)31-24(29-21)19-8-10-20(11-9-19)28-25(33)30-22-7-5-6-12-27-22/h5-12,17-18H,13-16H2,1-4H3,(H2,27,28,30,33)/p+1. The minimum absolute atomic E-state index is 0.113. The monoisotopic (exact) mass is 493 g/mol. The fourth-order valence-electron chi connectivity index (χ4n) is 3.96. The molecule has 2 amide bonds. The van der Waals surface area contributed by atoms with Crippen LogP contribution in [0.2, 0.25) is 0 Å². The van der Waals surface area contributed by atoms with Gasteiger partial charge in [0.05, 0.1) is 13.2 Å². The van der Waals surface area contributed by atoms with Gasteiger partial charge in [-0.1, -0.05) is 6.07 Å². The smallest absolute Gasteiger partial charge is 0.324 e. The minimum Gasteiger partial charge on any atom is -0.378 e. The molecule has 4 rings (SSSR count). The normalized spacial score (nSPS) is 14.1. The first-order chi connectivity index (χ1) is 16.8. The van der Waals surface area contributed by atoms with Crippen LogP contribution in [-0.4, -0.2) is 52.5 Å². The molecule has 35 heavy (non-hydrogen) atoms. The van der Waals surface area contributed by atoms with E-state index in [1.165, 1.54) is 11.8 Å². The molecule has 8 nitrogen and oxygen atoms in total. The highest BCUT2D eigenvalue weighted by atomic mass is 32.2. The average molecular weight is 494 g/mol. The van der Waals surface area contributed by atoms with Crippen molar-refractivity contribution in [2.75, 3.05) is 41.8 Å². The molecule has 0 atom stereocenters. The van der Waals surface area contributed by atoms with Crippen LogP contribution in [0.4, 0.5) is 22.1 Å². The Morgan fingerprint density at radius 3 is 2.46 bits per heavy atom. The third kappa shape index (κ3) is 6.70. The number of nitrogens with one attached hydrogen (secondary N) is 2. The SMILES string of the molecule is CC(C)[SH+]C(C)(C)c1cc(N2CCOCC2)nc(-c2ccc(NC(=O)Nc3ccccn3)cc2)n1. The lowest BCUT2D eigenvalue weighted by molar-refractivity contribution is 0.122. The molecular weight excluding hydrogens is 460 g/mol. The number of carbonyl (C=O) groups is 1. The summed E-state index contributed by atoms with van der Waals surface area (Å²) in [4.78, 5) is 28.6. The second-order valence-corrected chi connectivity index (χ2v) is 11.6. The van der Waals surface area contributed by atoms with E-state index in [-0.39, 0.29) is 10.8 Å². The molecule has 3 heterocycles. The van der Waals surface area contributed by atoms with E-state index in [1.54, 1.807) is 18.3 Å². The second kappa shape index (κ2) is 11.0. The van der Waals surface area contributed by atoms with Crippen LogP contribution in [0, 0.1) is 0 Å². The van der Waals surface area contributed by atoms with Crippen molar-refractivity contribution < 1.29 is 9.53 Å². The molecule has 9 heteroatoms. The quantitative estimate of drug-likeness (QED) is 0.373. The Kier molecular flexibility index (Phi) is 7.87. The molecular formula is C26H33N6O2S+. The van der Waals surface area contributed by atoms with Crippen LogP contribution in [0.25, 0.3) is 11.4 Å². The van der Waals surface area contributed by atoms with Gasteiger partial charge in [0.2, 0.25) is 0 Å². The molecule has 1 saturated heterocycles. The number of amides is 2. The van der Waals surface area contributed by atoms with E-state index >= 15 is 0 Å². The summed E-state index contributed by atoms with van der Waals surface area (Å²) in [5.74, 6) is 2.10. The predicted octanol–water partition coefficient (Wildman–Crippen LogP) is 4.48. The van der Waals surface area contributed by atoms with E-state index in [0.717, 1.165) is 30.2 Å². The first kappa shape index (κ1) is 24.9. The number of hydrogen-bond donors (Lipinski definition) is 2. The molecule has 0 unspecified atom stereocenters. The van der Waals surface area contributed by atoms with Gasteiger partial charge >= 0.3 is 6.03 Å². The lowest BCUT2D eigenvalue weighted by Gasteiger charge is -2.29. The Morgan fingerprint density at radius 1 is 1.06 bits per heavy atom. The number of urea groups is 1. The highest BCUT2D eigenvalue weighted by molar-refractivity contribution is 7.80. The maximum atomic E-state index is 12.3. The number of rotatable bonds is 7. The molecule has 0 aliphatic carbocycles. The fraction of sp³-hybridized carbons (Fsp3) is 0.385. The third-order valence-corrected chi connectivity index (χ3v) is 6.95. The molecule has 1 aliphatic rings. The summed E-state index contributed by atoms with van der Waals surface area (Å²) in [6.45, 7) is 11.9. The third-order valence-electron chi connectivity index (χ3n) is 5.56. The Labute approximate surface area is 210 Å². The molecule has 1 aliphatic heterocycles. The Morgan fingerprint density at radius 2 is 1.80 bits per heavy atom. The van der Waals surface area contributed by atoms with E-state index in [4.69, 9.17) is 14.7 Å². The number of anilines is 3. The summed E-state index contributed by atoms with van der Waals surface area (Å²) < 4.78 is 5.43. The second-order valence-electron chi connectivity index (χ2n) is 9.19. The maximum absolute atomic E-state index is 12.3. The molecule has 1 fully saturated rings. The van der Waals surface area contributed by atoms with Crippen molar-refractivity contribution in [1.29, 1.82) is 0 Å². The molecule has 184 valence electrons. The van der Waals surface area contributed by atoms with Crippen LogP contribution in [0.5, 0.6) is 0 Å². The van der Waals surface area contributed by atoms with E-state index in [2.05, 4.69) is 54.3 Å². The van der Waals surface area contributed by atoms with Crippen LogP contribution in [0.15, 0.2) is 54.7 Å². The fourth-order valence-corrected chi connectivity index (χ4v) is 5.50. The van der Waals surface area contributed by atoms with Gasteiger partial charge in [-0.3, -0.25) is 5.32 Å². The molecule has 2 aromatic heterocycles. The summed E-state index contributed by atoms with van der Waals surface area (Å²) in [6, 6.07) is 14.7. The van der Waals surface area contributed by atoms with Crippen LogP contribution in [-0.2, 0) is 21.2 Å². The van der Waals surface area contributed by atoms with E-state index in [1.807, 2.05) is 30.3 Å². The van der Waals surface area contributed by atoms with Crippen molar-refractivity contribution >= 4 is 35.1 Å². The lowest BCUT2D eigenvalue weighted by atomic mass is 10.1. The van der Waals surface area contributed by atoms with Gasteiger partial charge in [-0.05, 0) is 75.9 Å². The Bertz CT molecular complexity index is 1130. The van der Waals surface area contributed by atoms with Gasteiger partial charge in [0.25, 0.3) is 0 Å². The Hall–Kier alpha value is -3.17. The van der Waals surface area contributed by atoms with Gasteiger partial charge in [0.15, 0.2) is 10.6 Å². The van der Waals surface area contributed by atoms with Gasteiger partial charge < -0.3 is 15.0 Å². The average Bonchev–Trinajstić information content (AvgIpc) is 2.84. The summed E-state index contributed by atoms with van der Waals surface area (Å²) >= 11 is 1.31. The number of aromatic nitrogens is 3. The molecule has 0 saturated carbocycles. The summed E-state index contributed by atoms with van der Waals surface area (Å²) in [5.41, 5.74) is 2.59. The molecule has 0 bridgehead atoms. The van der Waals surface area contributed by atoms with Crippen molar-refractivity contribution in [2.24, 2.45) is 0 Å². The summed E-state index contributed by atoms with van der Waals surface area (Å²) in [6.07, 6.45) is 1.63. The van der Waals surface area contributed by atoms with Crippen molar-refractivity contribution in [3.63, 3.8) is 0 Å². The van der Waals surface area contributed by atoms with Gasteiger partial charge in [-0.25, -0.2) is 19.7 Å². The van der Waals surface area contributed by atoms with Gasteiger partial charge in [0.1, 0.15) is 22.6 Å². The Balaban J connectivity index is 1.57. The zero-order chi connectivity index (χ0) is 24.8. The number of hydrogen-bond acceptors (Lipinski definition) is 6. The first-order valence-corrected chi connectivity index (χ1v) is 12.8. The molecule has 2 N–H and O–H groups in total. The zero-order valence-electron chi connectivity index (χ0n) is 20.7. The number of pyridine rings is 1. The van der Waals surface area contributed by atoms with Crippen molar-refractivity contribution in [3.05, 3.63) is 60.4 Å². The van der Waals surface area contributed by atoms with Gasteiger partial charge in [-0.2, -0.15) is 0 Å². The van der Waals surface area contributed by atoms with E-state index < -0.39 is 0 Å². The number of ether oxygens (including phenoxy) is 1. The van der Waals surface area contributed by atoms with Crippen molar-refractivity contribution in [1.82, 2.24) is 15.0 Å². The summed E-state index contributed by atoms with van der Waals surface area (Å²) in [7, 11) is 0. The summed E-state index contributed by atoms with van der Waals surface area (Å²) in [5, 5.41) is 6.08. The van der Waals surface area contributed by atoms with Gasteiger partial charge in [-0.15, -0.1) is 0 Å². The number of carbonyl (C=O) groups excluding carboxylic acids is 1. The van der Waals surface area contributed by atoms with Gasteiger partial charge in [0, 0.05) is 36.6 Å². The van der Waals surface area contributed by atoms with Crippen LogP contribution < -0.4 is 15.5 Å². The van der Waals surface area contributed by atoms with Crippen LogP contribution >= 0.6 is 0 Å². The number of thiol groups is 1. The zero-order valence-corrected chi connectivity index (χ0v) is 21.5. The molecule has 0 spiro atoms. The highest BCUT2D eigenvalue weighted by Gasteiger charge is 2.34. The topological polar surface area (TPSA) is 92.3 Å². The van der Waals surface area contributed by atoms with Crippen LogP contribution in [0.3, 0.4) is 0 Å². The predicted molar refractivity (Wildman–Crippen MR) is 144 cm³/mol. The maximum Gasteiger partial charge on any atom is 0.324 e. The van der Waals surface area contributed by atoms with E-state index in [9.17, 15) is 4.79 Å². The molecule has 3 aromatic rings. The number of morpholine rings is 1.